The highest BCUT2D eigenvalue weighted by atomic mass is 27.3. The number of aromatic hydroxyl groups is 1. The molecule has 1 heterocycles. The van der Waals surface area contributed by atoms with Crippen molar-refractivity contribution in [2.75, 3.05) is 6.61 Å². The van der Waals surface area contributed by atoms with E-state index in [1.54, 1.807) is 0 Å². The van der Waals surface area contributed by atoms with Crippen molar-refractivity contribution in [3.63, 3.8) is 0 Å². The molecule has 0 aromatic heterocycles. The zero-order valence-electron chi connectivity index (χ0n) is 27.9. The fourth-order valence-corrected chi connectivity index (χ4v) is 8.21. The Balaban J connectivity index is 1.42. The third kappa shape index (κ3) is 7.15. The summed E-state index contributed by atoms with van der Waals surface area (Å²) in [6.07, 6.45) is 1.79. The van der Waals surface area contributed by atoms with Gasteiger partial charge in [0.1, 0.15) is 5.75 Å². The number of aliphatic hydroxyl groups excluding tert-OH is 1. The predicted octanol–water partition coefficient (Wildman–Crippen LogP) is 9.56. The van der Waals surface area contributed by atoms with Crippen LogP contribution in [0.5, 0.6) is 17.2 Å². The van der Waals surface area contributed by atoms with Crippen molar-refractivity contribution in [2.45, 2.75) is 39.7 Å². The number of phenols is 1. The van der Waals surface area contributed by atoms with E-state index in [4.69, 9.17) is 11.4 Å². The van der Waals surface area contributed by atoms with Crippen molar-refractivity contribution in [1.82, 2.24) is 0 Å². The van der Waals surface area contributed by atoms with Crippen molar-refractivity contribution in [3.8, 4) is 50.6 Å². The van der Waals surface area contributed by atoms with Gasteiger partial charge in [-0.25, -0.2) is 0 Å². The molecule has 2 N–H and O–H groups in total. The van der Waals surface area contributed by atoms with Crippen molar-refractivity contribution >= 4 is 15.1 Å². The molecule has 244 valence electrons. The Hall–Kier alpha value is -4.83. The van der Waals surface area contributed by atoms with Crippen LogP contribution in [0.2, 0.25) is 0 Å². The lowest BCUT2D eigenvalue weighted by molar-refractivity contribution is 0.195. The quantitative estimate of drug-likeness (QED) is 0.151. The van der Waals surface area contributed by atoms with E-state index >= 15 is 0 Å². The van der Waals surface area contributed by atoms with Gasteiger partial charge in [-0.2, -0.15) is 0 Å². The van der Waals surface area contributed by atoms with Gasteiger partial charge in [-0.05, 0) is 111 Å². The number of phenolic OH excluding ortho intramolecular Hbond substituents is 1. The first-order valence-electron chi connectivity index (χ1n) is 16.9. The van der Waals surface area contributed by atoms with Crippen LogP contribution in [0.4, 0.5) is 0 Å². The van der Waals surface area contributed by atoms with Gasteiger partial charge in [-0.15, -0.1) is 0 Å². The summed E-state index contributed by atoms with van der Waals surface area (Å²) in [5.74, 6) is 1.65. The molecule has 5 nitrogen and oxygen atoms in total. The van der Waals surface area contributed by atoms with Gasteiger partial charge < -0.3 is 21.6 Å². The van der Waals surface area contributed by atoms with Crippen LogP contribution in [-0.4, -0.2) is 32.0 Å². The van der Waals surface area contributed by atoms with E-state index < -0.39 is 15.1 Å². The average Bonchev–Trinajstić information content (AvgIpc) is 3.14. The third-order valence-electron chi connectivity index (χ3n) is 9.00. The first kappa shape index (κ1) is 32.7. The topological polar surface area (TPSA) is 68.2 Å². The highest BCUT2D eigenvalue weighted by Crippen LogP contribution is 2.42. The molecule has 0 aliphatic carbocycles. The number of benzene rings is 6. The van der Waals surface area contributed by atoms with Crippen LogP contribution in [0.1, 0.15) is 46.7 Å². The summed E-state index contributed by atoms with van der Waals surface area (Å²) < 4.78 is 19.8. The zero-order chi connectivity index (χ0) is 33.7. The fraction of sp³-hybridized carbons (Fsp3) is 0.163. The van der Waals surface area contributed by atoms with E-state index in [2.05, 4.69) is 67.6 Å². The maximum absolute atomic E-state index is 11.4. The minimum absolute atomic E-state index is 0.170. The van der Waals surface area contributed by atoms with E-state index in [1.807, 2.05) is 73.7 Å². The van der Waals surface area contributed by atoms with Gasteiger partial charge in [0.25, 0.3) is 0 Å². The molecule has 0 amide bonds. The molecule has 0 bridgehead atoms. The van der Waals surface area contributed by atoms with Crippen LogP contribution < -0.4 is 7.58 Å². The van der Waals surface area contributed by atoms with E-state index in [-0.39, 0.29) is 12.4 Å². The van der Waals surface area contributed by atoms with Gasteiger partial charge in [0, 0.05) is 25.0 Å². The summed E-state index contributed by atoms with van der Waals surface area (Å²) in [4.78, 5) is 0. The van der Waals surface area contributed by atoms with Gasteiger partial charge in [0.05, 0.1) is 18.1 Å². The first-order chi connectivity index (χ1) is 24.0. The summed E-state index contributed by atoms with van der Waals surface area (Å²) in [5.41, 5.74) is 11.6. The molecule has 0 saturated heterocycles. The SMILES string of the molecule is CCC[O][Al]1[O]c2c(CO)cc(-c3ccccc3)cc2Cc2cc(-c3ccccc3)cc(Cc3cc(-c4ccccc4)cc(C)c3O)c2[O]1. The van der Waals surface area contributed by atoms with Crippen LogP contribution in [0.3, 0.4) is 0 Å². The number of hydrogen-bond acceptors (Lipinski definition) is 5. The van der Waals surface area contributed by atoms with Crippen LogP contribution in [0.15, 0.2) is 127 Å². The molecule has 6 aromatic carbocycles. The molecular formula is C43H39AlO5. The molecule has 1 aliphatic rings. The Labute approximate surface area is 293 Å². The number of rotatable bonds is 9. The highest BCUT2D eigenvalue weighted by Gasteiger charge is 2.43. The predicted molar refractivity (Wildman–Crippen MR) is 197 cm³/mol. The lowest BCUT2D eigenvalue weighted by Gasteiger charge is -2.28. The van der Waals surface area contributed by atoms with Gasteiger partial charge in [-0.3, -0.25) is 0 Å². The highest BCUT2D eigenvalue weighted by molar-refractivity contribution is 6.38. The minimum Gasteiger partial charge on any atom is -0.588 e. The molecule has 0 unspecified atom stereocenters. The van der Waals surface area contributed by atoms with Gasteiger partial charge >= 0.3 is 15.1 Å². The maximum atomic E-state index is 11.4. The molecule has 6 heteroatoms. The Morgan fingerprint density at radius 3 is 1.59 bits per heavy atom. The molecule has 0 saturated carbocycles. The second-order valence-corrected chi connectivity index (χ2v) is 13.9. The maximum Gasteiger partial charge on any atom is 1.10 e. The smallest absolute Gasteiger partial charge is 0.588 e. The van der Waals surface area contributed by atoms with Crippen molar-refractivity contribution in [3.05, 3.63) is 161 Å². The van der Waals surface area contributed by atoms with E-state index in [0.29, 0.717) is 30.8 Å². The second kappa shape index (κ2) is 14.7. The summed E-state index contributed by atoms with van der Waals surface area (Å²) in [6.45, 7) is 4.33. The lowest BCUT2D eigenvalue weighted by Crippen LogP contribution is -2.36. The van der Waals surface area contributed by atoms with Crippen LogP contribution in [-0.2, 0) is 23.2 Å². The molecule has 0 fully saturated rings. The molecular weight excluding hydrogens is 623 g/mol. The Bertz CT molecular complexity index is 2060. The van der Waals surface area contributed by atoms with E-state index in [9.17, 15) is 10.2 Å². The van der Waals surface area contributed by atoms with E-state index in [0.717, 1.165) is 73.4 Å². The number of aryl methyl sites for hydroxylation is 1. The lowest BCUT2D eigenvalue weighted by atomic mass is 9.89. The monoisotopic (exact) mass is 662 g/mol. The molecule has 0 atom stereocenters. The average molecular weight is 663 g/mol. The number of hydrogen-bond donors (Lipinski definition) is 2. The zero-order valence-corrected chi connectivity index (χ0v) is 29.0. The summed E-state index contributed by atoms with van der Waals surface area (Å²) in [6, 6.07) is 43.4. The van der Waals surface area contributed by atoms with Crippen LogP contribution >= 0.6 is 0 Å². The molecule has 1 aliphatic heterocycles. The summed E-state index contributed by atoms with van der Waals surface area (Å²) in [7, 11) is 0. The van der Waals surface area contributed by atoms with Crippen molar-refractivity contribution in [1.29, 1.82) is 0 Å². The normalized spacial score (nSPS) is 12.3. The van der Waals surface area contributed by atoms with Gasteiger partial charge in [-0.1, -0.05) is 97.9 Å². The van der Waals surface area contributed by atoms with E-state index in [1.165, 1.54) is 0 Å². The first-order valence-corrected chi connectivity index (χ1v) is 18.3. The number of fused-ring (bicyclic) bond motifs is 2. The largest absolute Gasteiger partial charge is 1.10 e. The second-order valence-electron chi connectivity index (χ2n) is 12.6. The van der Waals surface area contributed by atoms with Crippen molar-refractivity contribution in [2.24, 2.45) is 0 Å². The molecule has 0 spiro atoms. The third-order valence-corrected chi connectivity index (χ3v) is 10.4. The molecule has 0 radical (unpaired) electrons. The van der Waals surface area contributed by atoms with Gasteiger partial charge in [0.15, 0.2) is 0 Å². The number of aliphatic hydroxyl groups is 1. The Morgan fingerprint density at radius 2 is 1.08 bits per heavy atom. The summed E-state index contributed by atoms with van der Waals surface area (Å²) >= 11 is -2.80. The van der Waals surface area contributed by atoms with Crippen LogP contribution in [0.25, 0.3) is 33.4 Å². The van der Waals surface area contributed by atoms with Crippen molar-refractivity contribution < 1.29 is 21.6 Å². The fourth-order valence-electron chi connectivity index (χ4n) is 6.61. The Kier molecular flexibility index (Phi) is 9.84. The molecule has 7 rings (SSSR count). The molecule has 49 heavy (non-hydrogen) atoms. The van der Waals surface area contributed by atoms with Crippen LogP contribution in [0, 0.1) is 6.92 Å². The minimum atomic E-state index is -2.80. The standard InChI is InChI=1S/C40H34O4.C3H7O.Al/c1-26-17-30(27-11-5-2-6-12-27)18-33(38(26)42)23-34-19-31(28-13-7-3-8-14-28)20-35(39(34)43)24-36-21-32(22-37(25-41)40(36)44)29-15-9-4-10-16-29;1-2-3-4;/h2-22,41-44H,23-25H2,1H3;2-3H2,1H3;/q;-1;+3/p-2. The van der Waals surface area contributed by atoms with Gasteiger partial charge in [0.2, 0.25) is 0 Å². The summed E-state index contributed by atoms with van der Waals surface area (Å²) in [5, 5.41) is 22.0. The molecule has 6 aromatic rings. The Morgan fingerprint density at radius 1 is 0.612 bits per heavy atom.